The molecule has 3 rings (SSSR count). The molecule has 0 saturated heterocycles. The maximum atomic E-state index is 15.8. The number of allylic oxidation sites excluding steroid dienone is 1. The maximum Gasteiger partial charge on any atom is 0.333 e. The summed E-state index contributed by atoms with van der Waals surface area (Å²) in [6.07, 6.45) is 23.1. The highest BCUT2D eigenvalue weighted by Crippen LogP contribution is 2.40. The molecule has 36 heavy (non-hydrogen) atoms. The van der Waals surface area contributed by atoms with Crippen LogP contribution < -0.4 is 0 Å². The van der Waals surface area contributed by atoms with Crippen molar-refractivity contribution in [3.8, 4) is 0 Å². The van der Waals surface area contributed by atoms with Crippen molar-refractivity contribution in [2.75, 3.05) is 6.61 Å². The van der Waals surface area contributed by atoms with Gasteiger partial charge < -0.3 is 4.74 Å². The summed E-state index contributed by atoms with van der Waals surface area (Å²) in [5, 5.41) is 0.112. The van der Waals surface area contributed by atoms with Crippen LogP contribution in [0.25, 0.3) is 0 Å². The van der Waals surface area contributed by atoms with Gasteiger partial charge in [-0.25, -0.2) is 4.99 Å². The molecule has 0 aromatic heterocycles. The molecule has 5 heteroatoms. The fourth-order valence-corrected chi connectivity index (χ4v) is 5.49. The molecule has 1 aromatic rings. The summed E-state index contributed by atoms with van der Waals surface area (Å²) in [5.74, 6) is -1.62. The largest absolute Gasteiger partial charge is 0.477 e. The zero-order chi connectivity index (χ0) is 25.5. The molecule has 1 fully saturated rings. The van der Waals surface area contributed by atoms with Crippen LogP contribution in [0.4, 0.5) is 8.87 Å². The van der Waals surface area contributed by atoms with Gasteiger partial charge in [-0.2, -0.15) is 4.39 Å². The molecular weight excluding hydrogens is 454 g/mol. The molecule has 1 aromatic carbocycles. The number of benzene rings is 1. The normalized spacial score (nSPS) is 20.5. The molecular formula is C31H48F2N2O. The van der Waals surface area contributed by atoms with Crippen LogP contribution in [0, 0.1) is 5.92 Å². The first-order valence-corrected chi connectivity index (χ1v) is 14.8. The van der Waals surface area contributed by atoms with E-state index in [1.807, 2.05) is 0 Å². The highest BCUT2D eigenvalue weighted by atomic mass is 19.2. The lowest BCUT2D eigenvalue weighted by Crippen LogP contribution is -2.39. The van der Waals surface area contributed by atoms with Gasteiger partial charge in [0.05, 0.1) is 6.61 Å². The van der Waals surface area contributed by atoms with E-state index in [9.17, 15) is 0 Å². The van der Waals surface area contributed by atoms with E-state index in [4.69, 9.17) is 4.74 Å². The van der Waals surface area contributed by atoms with Crippen LogP contribution in [0.3, 0.4) is 0 Å². The van der Waals surface area contributed by atoms with E-state index < -0.39 is 5.92 Å². The third-order valence-corrected chi connectivity index (χ3v) is 7.77. The van der Waals surface area contributed by atoms with Crippen molar-refractivity contribution in [1.29, 1.82) is 0 Å². The van der Waals surface area contributed by atoms with Gasteiger partial charge in [-0.1, -0.05) is 138 Å². The summed E-state index contributed by atoms with van der Waals surface area (Å²) in [7, 11) is 0. The first-order valence-electron chi connectivity index (χ1n) is 14.8. The summed E-state index contributed by atoms with van der Waals surface area (Å²) in [5.41, 5.74) is 0.828. The molecule has 3 nitrogen and oxygen atoms in total. The summed E-state index contributed by atoms with van der Waals surface area (Å²) in [6.45, 7) is 2.62. The third-order valence-electron chi connectivity index (χ3n) is 7.77. The fourth-order valence-electron chi connectivity index (χ4n) is 5.49. The molecule has 1 aliphatic carbocycles. The minimum Gasteiger partial charge on any atom is -0.477 e. The summed E-state index contributed by atoms with van der Waals surface area (Å²) in [6, 6.07) is 8.31. The number of nitrogens with zero attached hydrogens (tertiary/aromatic N) is 2. The second kappa shape index (κ2) is 16.0. The Balaban J connectivity index is 1.48. The molecule has 1 heterocycles. The average Bonchev–Trinajstić information content (AvgIpc) is 3.42. The molecule has 0 radical (unpaired) electrons. The smallest absolute Gasteiger partial charge is 0.333 e. The van der Waals surface area contributed by atoms with E-state index in [0.717, 1.165) is 31.6 Å². The third kappa shape index (κ3) is 8.88. The van der Waals surface area contributed by atoms with E-state index >= 15 is 8.87 Å². The van der Waals surface area contributed by atoms with Gasteiger partial charge in [-0.15, -0.1) is 5.12 Å². The molecule has 0 spiro atoms. The van der Waals surface area contributed by atoms with Crippen LogP contribution in [-0.2, 0) is 10.7 Å². The molecule has 0 bridgehead atoms. The van der Waals surface area contributed by atoms with E-state index in [2.05, 4.69) is 11.9 Å². The second-order valence-corrected chi connectivity index (χ2v) is 10.7. The first kappa shape index (κ1) is 28.7. The molecule has 202 valence electrons. The highest BCUT2D eigenvalue weighted by Gasteiger charge is 2.45. The number of alkyl halides is 1. The standard InChI is InChI=1S/C31H48F2N2O/c1-2-3-4-5-6-9-13-22-28-26-34-31(32,29-23-14-11-15-24-29)35(33)30(28)36-25-18-10-7-8-12-19-27-20-16-17-21-27/h11,14-15,23-24,26-27H,2-10,12-13,16-22,25H2,1H3. The minimum atomic E-state index is -2.58. The van der Waals surface area contributed by atoms with Gasteiger partial charge in [0.25, 0.3) is 0 Å². The Labute approximate surface area is 218 Å². The monoisotopic (exact) mass is 502 g/mol. The molecule has 1 aliphatic heterocycles. The van der Waals surface area contributed by atoms with Crippen molar-refractivity contribution in [3.05, 3.63) is 47.4 Å². The SMILES string of the molecule is CCCCCCCCCC1=C(OCCCCCCCC2CCCC2)N(F)C(F)(c2ccccc2)N=C1. The topological polar surface area (TPSA) is 24.8 Å². The second-order valence-electron chi connectivity index (χ2n) is 10.7. The zero-order valence-electron chi connectivity index (χ0n) is 22.5. The van der Waals surface area contributed by atoms with Crippen molar-refractivity contribution < 1.29 is 13.6 Å². The van der Waals surface area contributed by atoms with Crippen molar-refractivity contribution in [2.24, 2.45) is 10.9 Å². The number of aliphatic imine (C=N–C) groups is 1. The van der Waals surface area contributed by atoms with Gasteiger partial charge in [0, 0.05) is 17.4 Å². The molecule has 2 aliphatic rings. The van der Waals surface area contributed by atoms with Crippen LogP contribution >= 0.6 is 0 Å². The van der Waals surface area contributed by atoms with Crippen LogP contribution in [0.5, 0.6) is 0 Å². The van der Waals surface area contributed by atoms with Gasteiger partial charge in [0.2, 0.25) is 5.88 Å². The maximum absolute atomic E-state index is 15.8. The summed E-state index contributed by atoms with van der Waals surface area (Å²) < 4.78 is 37.2. The minimum absolute atomic E-state index is 0.00331. The van der Waals surface area contributed by atoms with Gasteiger partial charge in [-0.3, -0.25) is 0 Å². The number of rotatable bonds is 18. The number of halogens is 2. The summed E-state index contributed by atoms with van der Waals surface area (Å²) in [4.78, 5) is 4.02. The van der Waals surface area contributed by atoms with E-state index in [-0.39, 0.29) is 16.6 Å². The first-order chi connectivity index (χ1) is 17.6. The predicted molar refractivity (Wildman–Crippen MR) is 146 cm³/mol. The number of ether oxygens (including phenoxy) is 1. The van der Waals surface area contributed by atoms with Crippen LogP contribution in [0.15, 0.2) is 46.8 Å². The van der Waals surface area contributed by atoms with Crippen LogP contribution in [0.2, 0.25) is 0 Å². The Hall–Kier alpha value is -1.91. The van der Waals surface area contributed by atoms with Crippen molar-refractivity contribution in [1.82, 2.24) is 5.12 Å². The summed E-state index contributed by atoms with van der Waals surface area (Å²) >= 11 is 0. The number of hydrogen-bond acceptors (Lipinski definition) is 3. The van der Waals surface area contributed by atoms with Crippen molar-refractivity contribution in [3.63, 3.8) is 0 Å². The Kier molecular flexibility index (Phi) is 12.8. The number of unbranched alkanes of at least 4 members (excludes halogenated alkanes) is 10. The van der Waals surface area contributed by atoms with E-state index in [0.29, 0.717) is 18.6 Å². The Morgan fingerprint density at radius 3 is 2.25 bits per heavy atom. The Morgan fingerprint density at radius 1 is 0.889 bits per heavy atom. The Morgan fingerprint density at radius 2 is 1.53 bits per heavy atom. The molecule has 1 atom stereocenters. The molecule has 0 amide bonds. The average molecular weight is 503 g/mol. The molecule has 1 unspecified atom stereocenters. The Bertz CT molecular complexity index is 791. The van der Waals surface area contributed by atoms with Crippen LogP contribution in [0.1, 0.15) is 128 Å². The van der Waals surface area contributed by atoms with Crippen molar-refractivity contribution >= 4 is 6.21 Å². The fraction of sp³-hybridized carbons (Fsp3) is 0.710. The van der Waals surface area contributed by atoms with Gasteiger partial charge >= 0.3 is 5.92 Å². The van der Waals surface area contributed by atoms with Gasteiger partial charge in [0.15, 0.2) is 0 Å². The quantitative estimate of drug-likeness (QED) is 0.113. The molecule has 0 N–H and O–H groups in total. The van der Waals surface area contributed by atoms with E-state index in [1.165, 1.54) is 89.7 Å². The lowest BCUT2D eigenvalue weighted by atomic mass is 9.99. The van der Waals surface area contributed by atoms with Crippen LogP contribution in [-0.4, -0.2) is 17.9 Å². The predicted octanol–water partition coefficient (Wildman–Crippen LogP) is 9.94. The van der Waals surface area contributed by atoms with Gasteiger partial charge in [-0.05, 0) is 25.2 Å². The zero-order valence-corrected chi connectivity index (χ0v) is 22.5. The van der Waals surface area contributed by atoms with Crippen molar-refractivity contribution in [2.45, 2.75) is 128 Å². The lowest BCUT2D eigenvalue weighted by molar-refractivity contribution is -0.170. The van der Waals surface area contributed by atoms with E-state index in [1.54, 1.807) is 30.3 Å². The lowest BCUT2D eigenvalue weighted by Gasteiger charge is -2.33. The molecule has 1 saturated carbocycles. The highest BCUT2D eigenvalue weighted by molar-refractivity contribution is 5.80. The number of hydrogen-bond donors (Lipinski definition) is 0. The van der Waals surface area contributed by atoms with Gasteiger partial charge in [0.1, 0.15) is 0 Å².